The Morgan fingerprint density at radius 2 is 1.16 bits per heavy atom. The van der Waals surface area contributed by atoms with E-state index < -0.39 is 0 Å². The fourth-order valence-corrected chi connectivity index (χ4v) is 3.22. The molecule has 0 aliphatic heterocycles. The van der Waals surface area contributed by atoms with E-state index in [1.807, 2.05) is 0 Å². The highest BCUT2D eigenvalue weighted by Crippen LogP contribution is 2.13. The maximum absolute atomic E-state index is 3.54. The Bertz CT molecular complexity index is 364. The first-order valence-electron chi connectivity index (χ1n) is 10.5. The van der Waals surface area contributed by atoms with Gasteiger partial charge in [-0.05, 0) is 24.4 Å². The SMILES string of the molecule is CC(C)CCCCCCCCCCCCCNCc1ccccc1.Cl. The van der Waals surface area contributed by atoms with Crippen LogP contribution in [0.4, 0.5) is 0 Å². The summed E-state index contributed by atoms with van der Waals surface area (Å²) >= 11 is 0. The van der Waals surface area contributed by atoms with Crippen molar-refractivity contribution in [3.63, 3.8) is 0 Å². The van der Waals surface area contributed by atoms with E-state index in [0.29, 0.717) is 0 Å². The van der Waals surface area contributed by atoms with Crippen LogP contribution in [0.3, 0.4) is 0 Å². The van der Waals surface area contributed by atoms with Gasteiger partial charge in [0.1, 0.15) is 0 Å². The van der Waals surface area contributed by atoms with E-state index in [0.717, 1.165) is 19.0 Å². The van der Waals surface area contributed by atoms with E-state index in [1.165, 1.54) is 82.6 Å². The molecule has 1 aromatic rings. The van der Waals surface area contributed by atoms with Crippen LogP contribution >= 0.6 is 12.4 Å². The predicted molar refractivity (Wildman–Crippen MR) is 116 cm³/mol. The molecule has 1 rings (SSSR count). The Hall–Kier alpha value is -0.530. The lowest BCUT2D eigenvalue weighted by Gasteiger charge is -2.06. The minimum Gasteiger partial charge on any atom is -0.313 e. The molecular formula is C23H42ClN. The molecule has 146 valence electrons. The largest absolute Gasteiger partial charge is 0.313 e. The van der Waals surface area contributed by atoms with E-state index in [9.17, 15) is 0 Å². The third-order valence-electron chi connectivity index (χ3n) is 4.81. The number of benzene rings is 1. The summed E-state index contributed by atoms with van der Waals surface area (Å²) in [5.74, 6) is 0.888. The van der Waals surface area contributed by atoms with Gasteiger partial charge in [0, 0.05) is 6.54 Å². The average molecular weight is 368 g/mol. The van der Waals surface area contributed by atoms with Crippen LogP contribution in [0.15, 0.2) is 30.3 Å². The predicted octanol–water partition coefficient (Wildman–Crippen LogP) is 7.54. The molecule has 0 aliphatic carbocycles. The van der Waals surface area contributed by atoms with Gasteiger partial charge in [-0.3, -0.25) is 0 Å². The van der Waals surface area contributed by atoms with Crippen molar-refractivity contribution < 1.29 is 0 Å². The molecule has 0 saturated heterocycles. The van der Waals surface area contributed by atoms with Gasteiger partial charge in [-0.15, -0.1) is 12.4 Å². The molecule has 1 aromatic carbocycles. The molecule has 0 atom stereocenters. The normalized spacial score (nSPS) is 10.8. The molecular weight excluding hydrogens is 326 g/mol. The fraction of sp³-hybridized carbons (Fsp3) is 0.739. The number of hydrogen-bond donors (Lipinski definition) is 1. The topological polar surface area (TPSA) is 12.0 Å². The van der Waals surface area contributed by atoms with E-state index in [-0.39, 0.29) is 12.4 Å². The molecule has 25 heavy (non-hydrogen) atoms. The van der Waals surface area contributed by atoms with Gasteiger partial charge < -0.3 is 5.32 Å². The third-order valence-corrected chi connectivity index (χ3v) is 4.81. The molecule has 0 fully saturated rings. The standard InChI is InChI=1S/C23H41N.ClH/c1-22(2)17-13-10-8-6-4-3-5-7-9-11-16-20-24-21-23-18-14-12-15-19-23;/h12,14-15,18-19,22,24H,3-11,13,16-17,20-21H2,1-2H3;1H. The van der Waals surface area contributed by atoms with Gasteiger partial charge in [-0.2, -0.15) is 0 Å². The zero-order valence-electron chi connectivity index (χ0n) is 16.8. The number of unbranched alkanes of at least 4 members (excludes halogenated alkanes) is 10. The smallest absolute Gasteiger partial charge is 0.0205 e. The number of halogens is 1. The van der Waals surface area contributed by atoms with Crippen LogP contribution in [0.1, 0.15) is 96.5 Å². The van der Waals surface area contributed by atoms with Crippen LogP contribution in [0.2, 0.25) is 0 Å². The second-order valence-electron chi connectivity index (χ2n) is 7.73. The molecule has 1 nitrogen and oxygen atoms in total. The van der Waals surface area contributed by atoms with Crippen molar-refractivity contribution in [3.05, 3.63) is 35.9 Å². The minimum absolute atomic E-state index is 0. The molecule has 0 radical (unpaired) electrons. The van der Waals surface area contributed by atoms with Crippen LogP contribution in [-0.4, -0.2) is 6.54 Å². The Morgan fingerprint density at radius 1 is 0.680 bits per heavy atom. The molecule has 1 N–H and O–H groups in total. The quantitative estimate of drug-likeness (QED) is 0.297. The van der Waals surface area contributed by atoms with Crippen molar-refractivity contribution in [1.29, 1.82) is 0 Å². The molecule has 0 bridgehead atoms. The molecule has 0 aromatic heterocycles. The lowest BCUT2D eigenvalue weighted by molar-refractivity contribution is 0.503. The lowest BCUT2D eigenvalue weighted by atomic mass is 10.0. The summed E-state index contributed by atoms with van der Waals surface area (Å²) in [7, 11) is 0. The molecule has 0 spiro atoms. The van der Waals surface area contributed by atoms with Crippen LogP contribution in [-0.2, 0) is 6.54 Å². The van der Waals surface area contributed by atoms with Gasteiger partial charge in [0.2, 0.25) is 0 Å². The maximum atomic E-state index is 3.54. The maximum Gasteiger partial charge on any atom is 0.0205 e. The first-order chi connectivity index (χ1) is 11.8. The Balaban J connectivity index is 0.00000576. The minimum atomic E-state index is 0. The summed E-state index contributed by atoms with van der Waals surface area (Å²) in [5.41, 5.74) is 1.39. The molecule has 0 heterocycles. The zero-order valence-corrected chi connectivity index (χ0v) is 17.6. The van der Waals surface area contributed by atoms with Crippen LogP contribution in [0.25, 0.3) is 0 Å². The molecule has 0 unspecified atom stereocenters. The summed E-state index contributed by atoms with van der Waals surface area (Å²) < 4.78 is 0. The fourth-order valence-electron chi connectivity index (χ4n) is 3.22. The number of nitrogens with one attached hydrogen (secondary N) is 1. The summed E-state index contributed by atoms with van der Waals surface area (Å²) in [6.07, 6.45) is 17.2. The average Bonchev–Trinajstić information content (AvgIpc) is 2.59. The summed E-state index contributed by atoms with van der Waals surface area (Å²) in [6, 6.07) is 10.7. The third kappa shape index (κ3) is 16.7. The summed E-state index contributed by atoms with van der Waals surface area (Å²) in [6.45, 7) is 6.84. The lowest BCUT2D eigenvalue weighted by Crippen LogP contribution is -2.14. The molecule has 0 amide bonds. The first kappa shape index (κ1) is 24.5. The Labute approximate surface area is 163 Å². The van der Waals surface area contributed by atoms with Crippen LogP contribution < -0.4 is 5.32 Å². The van der Waals surface area contributed by atoms with Crippen molar-refractivity contribution in [2.45, 2.75) is 97.4 Å². The second kappa shape index (κ2) is 18.3. The van der Waals surface area contributed by atoms with E-state index in [1.54, 1.807) is 0 Å². The second-order valence-corrected chi connectivity index (χ2v) is 7.73. The summed E-state index contributed by atoms with van der Waals surface area (Å²) in [4.78, 5) is 0. The molecule has 0 saturated carbocycles. The van der Waals surface area contributed by atoms with Crippen LogP contribution in [0.5, 0.6) is 0 Å². The van der Waals surface area contributed by atoms with Crippen LogP contribution in [0, 0.1) is 5.92 Å². The van der Waals surface area contributed by atoms with E-state index in [2.05, 4.69) is 49.5 Å². The van der Waals surface area contributed by atoms with Gasteiger partial charge >= 0.3 is 0 Å². The molecule has 2 heteroatoms. The highest BCUT2D eigenvalue weighted by Gasteiger charge is 1.96. The van der Waals surface area contributed by atoms with E-state index >= 15 is 0 Å². The monoisotopic (exact) mass is 367 g/mol. The van der Waals surface area contributed by atoms with Gasteiger partial charge in [-0.1, -0.05) is 115 Å². The number of rotatable bonds is 16. The van der Waals surface area contributed by atoms with Gasteiger partial charge in [0.05, 0.1) is 0 Å². The van der Waals surface area contributed by atoms with Gasteiger partial charge in [0.25, 0.3) is 0 Å². The van der Waals surface area contributed by atoms with Gasteiger partial charge in [0.15, 0.2) is 0 Å². The van der Waals surface area contributed by atoms with E-state index in [4.69, 9.17) is 0 Å². The Morgan fingerprint density at radius 3 is 1.68 bits per heavy atom. The first-order valence-corrected chi connectivity index (χ1v) is 10.5. The highest BCUT2D eigenvalue weighted by atomic mass is 35.5. The van der Waals surface area contributed by atoms with Crippen molar-refractivity contribution >= 4 is 12.4 Å². The highest BCUT2D eigenvalue weighted by molar-refractivity contribution is 5.85. The van der Waals surface area contributed by atoms with Crippen molar-refractivity contribution in [2.75, 3.05) is 6.54 Å². The van der Waals surface area contributed by atoms with Crippen molar-refractivity contribution in [3.8, 4) is 0 Å². The van der Waals surface area contributed by atoms with Gasteiger partial charge in [-0.25, -0.2) is 0 Å². The number of hydrogen-bond acceptors (Lipinski definition) is 1. The van der Waals surface area contributed by atoms with Crippen molar-refractivity contribution in [2.24, 2.45) is 5.92 Å². The summed E-state index contributed by atoms with van der Waals surface area (Å²) in [5, 5.41) is 3.54. The van der Waals surface area contributed by atoms with Crippen molar-refractivity contribution in [1.82, 2.24) is 5.32 Å². The molecule has 0 aliphatic rings. The Kier molecular flexibility index (Phi) is 17.9. The zero-order chi connectivity index (χ0) is 17.3.